The Morgan fingerprint density at radius 3 is 2.12 bits per heavy atom. The molecule has 4 unspecified atom stereocenters. The first-order chi connectivity index (χ1) is 24.3. The zero-order valence-corrected chi connectivity index (χ0v) is 26.7. The van der Waals surface area contributed by atoms with Gasteiger partial charge in [0, 0.05) is 59.4 Å². The van der Waals surface area contributed by atoms with Crippen LogP contribution in [0.15, 0.2) is 109 Å². The molecule has 2 aliphatic carbocycles. The lowest BCUT2D eigenvalue weighted by molar-refractivity contribution is -0.0615. The summed E-state index contributed by atoms with van der Waals surface area (Å²) in [6.07, 6.45) is 4.44. The second-order valence-corrected chi connectivity index (χ2v) is 14.4. The van der Waals surface area contributed by atoms with Crippen molar-refractivity contribution >= 4 is 62.9 Å². The highest BCUT2D eigenvalue weighted by Gasteiger charge is 2.68. The molecule has 0 radical (unpaired) electrons. The van der Waals surface area contributed by atoms with Gasteiger partial charge < -0.3 is 14.7 Å². The lowest BCUT2D eigenvalue weighted by Gasteiger charge is -2.48. The quantitative estimate of drug-likeness (QED) is 0.145. The van der Waals surface area contributed by atoms with Gasteiger partial charge in [-0.1, -0.05) is 85.6 Å². The average molecular weight is 634 g/mol. The Balaban J connectivity index is 1.28. The molecular weight excluding hydrogens is 595 g/mol. The van der Waals surface area contributed by atoms with Crippen LogP contribution in [-0.4, -0.2) is 18.5 Å². The lowest BCUT2D eigenvalue weighted by Crippen LogP contribution is -2.64. The highest BCUT2D eigenvalue weighted by atomic mass is 19.2. The van der Waals surface area contributed by atoms with E-state index in [2.05, 4.69) is 64.4 Å². The molecule has 11 rings (SSSR count). The van der Waals surface area contributed by atoms with E-state index in [-0.39, 0.29) is 19.6 Å². The normalized spacial score (nSPS) is 30.4. The lowest BCUT2D eigenvalue weighted by atomic mass is 9.33. The number of fused-ring (bicyclic) bond motifs is 10. The van der Waals surface area contributed by atoms with Gasteiger partial charge >= 0.3 is 0 Å². The second-order valence-electron chi connectivity index (χ2n) is 14.4. The molecule has 48 heavy (non-hydrogen) atoms. The van der Waals surface area contributed by atoms with E-state index in [1.54, 1.807) is 4.90 Å². The van der Waals surface area contributed by atoms with Gasteiger partial charge in [-0.3, -0.25) is 0 Å². The highest BCUT2D eigenvalue weighted by molar-refractivity contribution is 7.00. The molecule has 0 spiro atoms. The van der Waals surface area contributed by atoms with Crippen molar-refractivity contribution in [1.29, 1.82) is 0 Å². The first kappa shape index (κ1) is 25.4. The highest BCUT2D eigenvalue weighted by Crippen LogP contribution is 2.64. The molecule has 236 valence electrons. The Kier molecular flexibility index (Phi) is 5.05. The summed E-state index contributed by atoms with van der Waals surface area (Å²) in [4.78, 5) is 6.07. The Bertz CT molecular complexity index is 2100. The molecule has 0 saturated heterocycles. The minimum Gasteiger partial charge on any atom is -0.338 e. The average Bonchev–Trinajstić information content (AvgIpc) is 3.49. The molecule has 2 saturated carbocycles. The van der Waals surface area contributed by atoms with E-state index in [0.717, 1.165) is 63.2 Å². The van der Waals surface area contributed by atoms with Crippen LogP contribution in [0.3, 0.4) is 0 Å². The molecule has 6 aliphatic rings. The summed E-state index contributed by atoms with van der Waals surface area (Å²) in [6, 6.07) is 35.3. The van der Waals surface area contributed by atoms with Gasteiger partial charge in [0.2, 0.25) is 5.79 Å². The number of halogens is 2. The van der Waals surface area contributed by atoms with Crippen LogP contribution in [0.1, 0.15) is 71.1 Å². The number of hydrogen-bond donors (Lipinski definition) is 0. The second kappa shape index (κ2) is 9.53. The molecule has 0 aromatic heterocycles. The van der Waals surface area contributed by atoms with Crippen LogP contribution in [0.5, 0.6) is 0 Å². The number of rotatable bonds is 3. The Labute approximate surface area is 283 Å². The maximum absolute atomic E-state index is 18.2. The topological polar surface area (TPSA) is 9.72 Å². The minimum absolute atomic E-state index is 0.102. The fourth-order valence-electron chi connectivity index (χ4n) is 10.2. The van der Waals surface area contributed by atoms with Crippen molar-refractivity contribution in [2.75, 3.05) is 14.7 Å². The van der Waals surface area contributed by atoms with Crippen molar-refractivity contribution in [3.05, 3.63) is 120 Å². The Morgan fingerprint density at radius 2 is 1.35 bits per heavy atom. The van der Waals surface area contributed by atoms with E-state index in [1.807, 2.05) is 54.6 Å². The summed E-state index contributed by atoms with van der Waals surface area (Å²) >= 11 is 0. The molecule has 4 heterocycles. The molecule has 5 aromatic carbocycles. The molecule has 0 amide bonds. The summed E-state index contributed by atoms with van der Waals surface area (Å²) in [7, 11) is 0. The zero-order valence-electron chi connectivity index (χ0n) is 28.7. The van der Waals surface area contributed by atoms with Crippen molar-refractivity contribution in [2.45, 2.75) is 74.7 Å². The fraction of sp³-hybridized carbons (Fsp3) is 0.286. The van der Waals surface area contributed by atoms with Gasteiger partial charge in [-0.2, -0.15) is 0 Å². The summed E-state index contributed by atoms with van der Waals surface area (Å²) in [5, 5.41) is 0. The molecule has 5 aromatic rings. The van der Waals surface area contributed by atoms with Crippen LogP contribution in [-0.2, 0) is 5.67 Å². The van der Waals surface area contributed by atoms with E-state index < -0.39 is 23.4 Å². The molecule has 4 atom stereocenters. The van der Waals surface area contributed by atoms with Crippen LogP contribution in [0.25, 0.3) is 0 Å². The largest absolute Gasteiger partial charge is 0.338 e. The first-order valence-electron chi connectivity index (χ1n) is 18.6. The van der Waals surface area contributed by atoms with Gasteiger partial charge in [0.15, 0.2) is 5.67 Å². The van der Waals surface area contributed by atoms with Crippen LogP contribution in [0, 0.1) is 0 Å². The van der Waals surface area contributed by atoms with E-state index in [9.17, 15) is 2.74 Å². The molecule has 6 heteroatoms. The predicted molar refractivity (Wildman–Crippen MR) is 193 cm³/mol. The van der Waals surface area contributed by atoms with Gasteiger partial charge in [-0.05, 0) is 90.5 Å². The molecule has 0 N–H and O–H groups in total. The summed E-state index contributed by atoms with van der Waals surface area (Å²) in [5.74, 6) is -3.37. The Morgan fingerprint density at radius 1 is 0.688 bits per heavy atom. The van der Waals surface area contributed by atoms with Crippen LogP contribution < -0.4 is 31.1 Å². The van der Waals surface area contributed by atoms with Crippen molar-refractivity contribution in [2.24, 2.45) is 0 Å². The molecule has 3 nitrogen and oxygen atoms in total. The van der Waals surface area contributed by atoms with E-state index >= 15 is 8.78 Å². The third-order valence-corrected chi connectivity index (χ3v) is 12.1. The number of hydrogen-bond acceptors (Lipinski definition) is 3. The van der Waals surface area contributed by atoms with Gasteiger partial charge in [-0.25, -0.2) is 8.78 Å². The predicted octanol–water partition coefficient (Wildman–Crippen LogP) is 9.03. The SMILES string of the molecule is [2H]C12CCCCC1([2H])N1c3cc(N(c4ccccc4)c4ccccc4)cc4c3B(c3cccc2c31)c1cccc2c1N4C1(F)CCCCC21F. The van der Waals surface area contributed by atoms with E-state index in [0.29, 0.717) is 42.6 Å². The zero-order chi connectivity index (χ0) is 33.6. The number of nitrogens with zero attached hydrogens (tertiary/aromatic N) is 3. The first-order valence-corrected chi connectivity index (χ1v) is 17.6. The monoisotopic (exact) mass is 633 g/mol. The number of anilines is 7. The van der Waals surface area contributed by atoms with Gasteiger partial charge in [0.1, 0.15) is 0 Å². The standard InChI is InChI=1S/C42H36BF2N3/c44-41-23-9-10-24-42(41,45)48-37-26-29(46(27-13-3-1-4-14-27)28-15-5-2-6-16-28)25-36-38(37)43(34-21-12-19-32(41)40(34)48)33-20-11-18-31-30-17-7-8-22-35(30)47(36)39(31)33/h1-6,11-16,18-21,25-26,30,35H,7-10,17,22-24H2/i30D,35D. The maximum atomic E-state index is 18.2. The van der Waals surface area contributed by atoms with Crippen molar-refractivity contribution < 1.29 is 11.5 Å². The van der Waals surface area contributed by atoms with E-state index in [4.69, 9.17) is 0 Å². The van der Waals surface area contributed by atoms with E-state index in [1.165, 1.54) is 0 Å². The molecular formula is C42H36BF2N3. The third-order valence-electron chi connectivity index (χ3n) is 12.1. The molecule has 2 fully saturated rings. The number of para-hydroxylation sites is 4. The van der Waals surface area contributed by atoms with Gasteiger partial charge in [0.05, 0.1) is 7.06 Å². The minimum atomic E-state index is -2.25. The van der Waals surface area contributed by atoms with Crippen molar-refractivity contribution in [3.63, 3.8) is 0 Å². The number of benzene rings is 5. The molecule has 0 bridgehead atoms. The Hall–Kier alpha value is -4.58. The third kappa shape index (κ3) is 3.25. The maximum Gasteiger partial charge on any atom is 0.252 e. The smallest absolute Gasteiger partial charge is 0.252 e. The van der Waals surface area contributed by atoms with Crippen LogP contribution in [0.4, 0.5) is 48.6 Å². The van der Waals surface area contributed by atoms with Gasteiger partial charge in [-0.15, -0.1) is 0 Å². The van der Waals surface area contributed by atoms with Crippen LogP contribution in [0.2, 0.25) is 0 Å². The van der Waals surface area contributed by atoms with Crippen molar-refractivity contribution in [1.82, 2.24) is 0 Å². The molecule has 4 aliphatic heterocycles. The number of alkyl halides is 2. The summed E-state index contributed by atoms with van der Waals surface area (Å²) < 4.78 is 56.3. The summed E-state index contributed by atoms with van der Waals surface area (Å²) in [5.41, 5.74) is 7.88. The van der Waals surface area contributed by atoms with Crippen LogP contribution >= 0.6 is 0 Å². The summed E-state index contributed by atoms with van der Waals surface area (Å²) in [6.45, 7) is -0.284. The van der Waals surface area contributed by atoms with Gasteiger partial charge in [0.25, 0.3) is 6.71 Å². The fourth-order valence-corrected chi connectivity index (χ4v) is 10.2. The van der Waals surface area contributed by atoms with Crippen molar-refractivity contribution in [3.8, 4) is 0 Å².